The number of ether oxygens (including phenoxy) is 3. The number of carbonyl (C=O) groups is 1. The van der Waals surface area contributed by atoms with Crippen LogP contribution < -0.4 is 10.1 Å². The molecule has 2 aromatic rings. The van der Waals surface area contributed by atoms with E-state index in [1.165, 1.54) is 0 Å². The Bertz CT molecular complexity index is 904. The fraction of sp³-hybridized carbons (Fsp3) is 0.500. The summed E-state index contributed by atoms with van der Waals surface area (Å²) in [7, 11) is 1.66. The smallest absolute Gasteiger partial charge is 0.408 e. The predicted octanol–water partition coefficient (Wildman–Crippen LogP) is 4.43. The maximum absolute atomic E-state index is 12.6. The van der Waals surface area contributed by atoms with Crippen LogP contribution in [0.15, 0.2) is 48.5 Å². The molecule has 3 heterocycles. The van der Waals surface area contributed by atoms with Gasteiger partial charge in [-0.15, -0.1) is 0 Å². The quantitative estimate of drug-likeness (QED) is 0.618. The van der Waals surface area contributed by atoms with Gasteiger partial charge in [-0.05, 0) is 74.5 Å². The SMILES string of the molecule is COCCOc1cccc(-c2ccc(C(C)(C)NC(=O)OC3CN4CCC3CC4)cc2)c1. The van der Waals surface area contributed by atoms with Gasteiger partial charge in [-0.3, -0.25) is 4.90 Å². The van der Waals surface area contributed by atoms with Crippen molar-refractivity contribution in [2.75, 3.05) is 40.0 Å². The molecule has 0 saturated carbocycles. The molecular weight excluding hydrogens is 404 g/mol. The molecule has 0 aliphatic carbocycles. The second-order valence-electron chi connectivity index (χ2n) is 9.28. The first kappa shape index (κ1) is 22.6. The van der Waals surface area contributed by atoms with Crippen LogP contribution in [-0.2, 0) is 15.0 Å². The first-order valence-corrected chi connectivity index (χ1v) is 11.5. The maximum Gasteiger partial charge on any atom is 0.408 e. The Labute approximate surface area is 190 Å². The minimum Gasteiger partial charge on any atom is -0.491 e. The first-order chi connectivity index (χ1) is 15.4. The summed E-state index contributed by atoms with van der Waals surface area (Å²) in [5, 5.41) is 3.06. The minimum absolute atomic E-state index is 0.00839. The Balaban J connectivity index is 1.37. The number of benzene rings is 2. The Morgan fingerprint density at radius 1 is 1.06 bits per heavy atom. The van der Waals surface area contributed by atoms with Crippen molar-refractivity contribution in [2.45, 2.75) is 38.3 Å². The Kier molecular flexibility index (Phi) is 7.01. The predicted molar refractivity (Wildman–Crippen MR) is 125 cm³/mol. The lowest BCUT2D eigenvalue weighted by molar-refractivity contribution is -0.0349. The van der Waals surface area contributed by atoms with Crippen LogP contribution >= 0.6 is 0 Å². The number of amides is 1. The van der Waals surface area contributed by atoms with Crippen molar-refractivity contribution in [1.29, 1.82) is 0 Å². The second-order valence-corrected chi connectivity index (χ2v) is 9.28. The van der Waals surface area contributed by atoms with Crippen LogP contribution in [0, 0.1) is 5.92 Å². The van der Waals surface area contributed by atoms with Gasteiger partial charge < -0.3 is 19.5 Å². The molecule has 6 nitrogen and oxygen atoms in total. The van der Waals surface area contributed by atoms with E-state index in [0.717, 1.165) is 54.9 Å². The number of carbonyl (C=O) groups excluding carboxylic acids is 1. The molecule has 5 rings (SSSR count). The van der Waals surface area contributed by atoms with Crippen LogP contribution in [-0.4, -0.2) is 57.1 Å². The molecule has 0 aromatic heterocycles. The monoisotopic (exact) mass is 438 g/mol. The molecule has 172 valence electrons. The molecule has 1 amide bonds. The Morgan fingerprint density at radius 3 is 2.47 bits per heavy atom. The molecule has 3 aliphatic rings. The summed E-state index contributed by atoms with van der Waals surface area (Å²) >= 11 is 0. The highest BCUT2D eigenvalue weighted by Gasteiger charge is 2.37. The van der Waals surface area contributed by atoms with Gasteiger partial charge in [0.25, 0.3) is 0 Å². The van der Waals surface area contributed by atoms with Crippen LogP contribution in [0.5, 0.6) is 5.75 Å². The molecule has 0 radical (unpaired) electrons. The number of fused-ring (bicyclic) bond motifs is 3. The van der Waals surface area contributed by atoms with E-state index >= 15 is 0 Å². The Hall–Kier alpha value is -2.57. The van der Waals surface area contributed by atoms with E-state index in [9.17, 15) is 4.79 Å². The lowest BCUT2D eigenvalue weighted by Gasteiger charge is -2.44. The molecule has 32 heavy (non-hydrogen) atoms. The third-order valence-electron chi connectivity index (χ3n) is 6.60. The van der Waals surface area contributed by atoms with Gasteiger partial charge in [-0.1, -0.05) is 36.4 Å². The third-order valence-corrected chi connectivity index (χ3v) is 6.60. The van der Waals surface area contributed by atoms with Crippen molar-refractivity contribution in [2.24, 2.45) is 5.92 Å². The average molecular weight is 439 g/mol. The third kappa shape index (κ3) is 5.43. The van der Waals surface area contributed by atoms with Crippen molar-refractivity contribution >= 4 is 6.09 Å². The van der Waals surface area contributed by atoms with E-state index in [4.69, 9.17) is 14.2 Å². The second kappa shape index (κ2) is 9.92. The topological polar surface area (TPSA) is 60.0 Å². The summed E-state index contributed by atoms with van der Waals surface area (Å²) in [6.07, 6.45) is 1.93. The summed E-state index contributed by atoms with van der Waals surface area (Å²) < 4.78 is 16.6. The molecule has 1 atom stereocenters. The Morgan fingerprint density at radius 2 is 1.81 bits per heavy atom. The van der Waals surface area contributed by atoms with Crippen LogP contribution in [0.3, 0.4) is 0 Å². The molecule has 6 heteroatoms. The van der Waals surface area contributed by atoms with E-state index in [-0.39, 0.29) is 12.2 Å². The van der Waals surface area contributed by atoms with Crippen molar-refractivity contribution in [1.82, 2.24) is 10.2 Å². The van der Waals surface area contributed by atoms with Crippen molar-refractivity contribution in [3.8, 4) is 16.9 Å². The molecule has 3 fully saturated rings. The van der Waals surface area contributed by atoms with Crippen molar-refractivity contribution in [3.63, 3.8) is 0 Å². The van der Waals surface area contributed by atoms with Gasteiger partial charge in [0.05, 0.1) is 12.1 Å². The highest BCUT2D eigenvalue weighted by Crippen LogP contribution is 2.31. The summed E-state index contributed by atoms with van der Waals surface area (Å²) in [6, 6.07) is 16.3. The van der Waals surface area contributed by atoms with Gasteiger partial charge in [0, 0.05) is 13.7 Å². The molecule has 3 saturated heterocycles. The number of hydrogen-bond donors (Lipinski definition) is 1. The normalized spacial score (nSPS) is 22.4. The number of rotatable bonds is 8. The number of methoxy groups -OCH3 is 1. The number of nitrogens with zero attached hydrogens (tertiary/aromatic N) is 1. The highest BCUT2D eigenvalue weighted by atomic mass is 16.6. The zero-order valence-corrected chi connectivity index (χ0v) is 19.3. The minimum atomic E-state index is -0.533. The molecule has 2 aromatic carbocycles. The van der Waals surface area contributed by atoms with Crippen molar-refractivity contribution in [3.05, 3.63) is 54.1 Å². The van der Waals surface area contributed by atoms with E-state index in [0.29, 0.717) is 19.1 Å². The van der Waals surface area contributed by atoms with Crippen molar-refractivity contribution < 1.29 is 19.0 Å². The molecular formula is C26H34N2O4. The molecule has 3 aliphatic heterocycles. The standard InChI is InChI=1S/C26H34N2O4/c1-26(2,27-25(29)32-24-18-28-13-11-20(24)12-14-28)22-9-7-19(8-10-22)21-5-4-6-23(17-21)31-16-15-30-3/h4-10,17,20,24H,11-16,18H2,1-3H3,(H,27,29). The van der Waals surface area contributed by atoms with E-state index < -0.39 is 5.54 Å². The van der Waals surface area contributed by atoms with E-state index in [1.807, 2.05) is 32.0 Å². The molecule has 1 N–H and O–H groups in total. The fourth-order valence-electron chi connectivity index (χ4n) is 4.63. The summed E-state index contributed by atoms with van der Waals surface area (Å²) in [5.41, 5.74) is 2.67. The lowest BCUT2D eigenvalue weighted by atomic mass is 9.86. The number of alkyl carbamates (subject to hydrolysis) is 1. The van der Waals surface area contributed by atoms with Gasteiger partial charge in [-0.2, -0.15) is 0 Å². The van der Waals surface area contributed by atoms with E-state index in [1.54, 1.807) is 7.11 Å². The van der Waals surface area contributed by atoms with Crippen LogP contribution in [0.4, 0.5) is 4.79 Å². The van der Waals surface area contributed by atoms with Crippen LogP contribution in [0.1, 0.15) is 32.3 Å². The average Bonchev–Trinajstić information content (AvgIpc) is 2.80. The first-order valence-electron chi connectivity index (χ1n) is 11.5. The van der Waals surface area contributed by atoms with Gasteiger partial charge in [0.15, 0.2) is 0 Å². The lowest BCUT2D eigenvalue weighted by Crippen LogP contribution is -2.53. The van der Waals surface area contributed by atoms with Gasteiger partial charge >= 0.3 is 6.09 Å². The van der Waals surface area contributed by atoms with E-state index in [2.05, 4.69) is 40.5 Å². The fourth-order valence-corrected chi connectivity index (χ4v) is 4.63. The van der Waals surface area contributed by atoms with Gasteiger partial charge in [-0.25, -0.2) is 4.79 Å². The van der Waals surface area contributed by atoms with Gasteiger partial charge in [0.2, 0.25) is 0 Å². The summed E-state index contributed by atoms with van der Waals surface area (Å²) in [6.45, 7) is 8.21. The number of hydrogen-bond acceptors (Lipinski definition) is 5. The maximum atomic E-state index is 12.6. The number of nitrogens with one attached hydrogen (secondary N) is 1. The van der Waals surface area contributed by atoms with Crippen LogP contribution in [0.2, 0.25) is 0 Å². The largest absolute Gasteiger partial charge is 0.491 e. The molecule has 1 unspecified atom stereocenters. The summed E-state index contributed by atoms with van der Waals surface area (Å²) in [4.78, 5) is 15.0. The molecule has 2 bridgehead atoms. The number of piperidine rings is 3. The summed E-state index contributed by atoms with van der Waals surface area (Å²) in [5.74, 6) is 1.32. The van der Waals surface area contributed by atoms with Crippen LogP contribution in [0.25, 0.3) is 11.1 Å². The zero-order chi connectivity index (χ0) is 22.6. The zero-order valence-electron chi connectivity index (χ0n) is 19.3. The molecule has 0 spiro atoms. The van der Waals surface area contributed by atoms with Gasteiger partial charge in [0.1, 0.15) is 18.5 Å². The highest BCUT2D eigenvalue weighted by molar-refractivity contribution is 5.69.